The molecular formula is C17H14O4. The van der Waals surface area contributed by atoms with Crippen LogP contribution in [0.15, 0.2) is 60.7 Å². The molecule has 0 saturated heterocycles. The molecule has 4 nitrogen and oxygen atoms in total. The Balaban J connectivity index is 2.27. The number of aliphatic hydroxyl groups excluding tert-OH is 1. The Morgan fingerprint density at radius 3 is 2.24 bits per heavy atom. The number of hydrogen-bond acceptors (Lipinski definition) is 4. The van der Waals surface area contributed by atoms with Crippen molar-refractivity contribution < 1.29 is 19.4 Å². The first kappa shape index (κ1) is 14.5. The van der Waals surface area contributed by atoms with Crippen LogP contribution in [0.2, 0.25) is 0 Å². The molecule has 1 N–H and O–H groups in total. The van der Waals surface area contributed by atoms with Crippen LogP contribution in [-0.4, -0.2) is 24.0 Å². The third-order valence-electron chi connectivity index (χ3n) is 2.91. The molecule has 0 fully saturated rings. The van der Waals surface area contributed by atoms with Crippen LogP contribution in [-0.2, 0) is 4.74 Å². The molecule has 0 saturated carbocycles. The summed E-state index contributed by atoms with van der Waals surface area (Å²) in [6.07, 6.45) is 1.13. The molecule has 2 aromatic rings. The quantitative estimate of drug-likeness (QED) is 0.404. The van der Waals surface area contributed by atoms with Crippen LogP contribution >= 0.6 is 0 Å². The number of hydrogen-bond donors (Lipinski definition) is 1. The second kappa shape index (κ2) is 6.52. The SMILES string of the molecule is COC(=O)c1cccc(/C(O)=C/C(=O)c2ccccc2)c1. The molecule has 0 aliphatic heterocycles. The number of methoxy groups -OCH3 is 1. The molecule has 0 atom stereocenters. The van der Waals surface area contributed by atoms with E-state index in [2.05, 4.69) is 4.74 Å². The van der Waals surface area contributed by atoms with E-state index in [9.17, 15) is 14.7 Å². The van der Waals surface area contributed by atoms with Crippen LogP contribution in [0.3, 0.4) is 0 Å². The Morgan fingerprint density at radius 2 is 1.57 bits per heavy atom. The normalized spacial score (nSPS) is 11.0. The second-order valence-electron chi connectivity index (χ2n) is 4.33. The number of carbonyl (C=O) groups is 2. The van der Waals surface area contributed by atoms with Gasteiger partial charge in [-0.2, -0.15) is 0 Å². The second-order valence-corrected chi connectivity index (χ2v) is 4.33. The van der Waals surface area contributed by atoms with Gasteiger partial charge < -0.3 is 9.84 Å². The van der Waals surface area contributed by atoms with Crippen LogP contribution in [0, 0.1) is 0 Å². The number of carbonyl (C=O) groups excluding carboxylic acids is 2. The van der Waals surface area contributed by atoms with E-state index in [4.69, 9.17) is 0 Å². The van der Waals surface area contributed by atoms with Gasteiger partial charge in [-0.1, -0.05) is 42.5 Å². The van der Waals surface area contributed by atoms with Gasteiger partial charge in [-0.15, -0.1) is 0 Å². The summed E-state index contributed by atoms with van der Waals surface area (Å²) in [7, 11) is 1.28. The number of ether oxygens (including phenoxy) is 1. The maximum atomic E-state index is 12.0. The lowest BCUT2D eigenvalue weighted by atomic mass is 10.1. The highest BCUT2D eigenvalue weighted by Crippen LogP contribution is 2.15. The monoisotopic (exact) mass is 282 g/mol. The van der Waals surface area contributed by atoms with Crippen LogP contribution in [0.25, 0.3) is 5.76 Å². The molecule has 0 aliphatic rings. The van der Waals surface area contributed by atoms with Gasteiger partial charge in [-0.05, 0) is 12.1 Å². The Labute approximate surface area is 122 Å². The van der Waals surface area contributed by atoms with Gasteiger partial charge in [0, 0.05) is 17.2 Å². The standard InChI is InChI=1S/C17H14O4/c1-21-17(20)14-9-5-8-13(10-14)16(19)11-15(18)12-6-3-2-4-7-12/h2-11,19H,1H3/b16-11-. The molecule has 4 heteroatoms. The summed E-state index contributed by atoms with van der Waals surface area (Å²) in [6.45, 7) is 0. The number of benzene rings is 2. The zero-order valence-electron chi connectivity index (χ0n) is 11.4. The summed E-state index contributed by atoms with van der Waals surface area (Å²) in [6, 6.07) is 14.9. The molecule has 0 amide bonds. The molecule has 0 heterocycles. The maximum Gasteiger partial charge on any atom is 0.337 e. The van der Waals surface area contributed by atoms with Crippen molar-refractivity contribution in [3.05, 3.63) is 77.4 Å². The van der Waals surface area contributed by atoms with Crippen molar-refractivity contribution in [2.45, 2.75) is 0 Å². The Hall–Kier alpha value is -2.88. The third kappa shape index (κ3) is 3.57. The lowest BCUT2D eigenvalue weighted by molar-refractivity contribution is 0.0600. The Morgan fingerprint density at radius 1 is 0.952 bits per heavy atom. The van der Waals surface area contributed by atoms with E-state index < -0.39 is 5.97 Å². The fraction of sp³-hybridized carbons (Fsp3) is 0.0588. The van der Waals surface area contributed by atoms with Gasteiger partial charge in [0.15, 0.2) is 5.78 Å². The molecule has 0 radical (unpaired) electrons. The minimum absolute atomic E-state index is 0.199. The molecule has 0 bridgehead atoms. The molecule has 0 spiro atoms. The van der Waals surface area contributed by atoms with Gasteiger partial charge >= 0.3 is 5.97 Å². The summed E-state index contributed by atoms with van der Waals surface area (Å²) in [5.74, 6) is -1.01. The van der Waals surface area contributed by atoms with Crippen molar-refractivity contribution in [3.63, 3.8) is 0 Å². The number of ketones is 1. The summed E-state index contributed by atoms with van der Waals surface area (Å²) in [4.78, 5) is 23.4. The number of aliphatic hydroxyl groups is 1. The topological polar surface area (TPSA) is 63.6 Å². The van der Waals surface area contributed by atoms with Crippen molar-refractivity contribution in [1.29, 1.82) is 0 Å². The minimum Gasteiger partial charge on any atom is -0.507 e. The first-order chi connectivity index (χ1) is 10.1. The molecule has 0 aliphatic carbocycles. The fourth-order valence-electron chi connectivity index (χ4n) is 1.82. The molecule has 0 aromatic heterocycles. The highest BCUT2D eigenvalue weighted by molar-refractivity contribution is 6.07. The van der Waals surface area contributed by atoms with E-state index in [-0.39, 0.29) is 11.5 Å². The van der Waals surface area contributed by atoms with Gasteiger partial charge in [0.1, 0.15) is 5.76 Å². The summed E-state index contributed by atoms with van der Waals surface area (Å²) < 4.78 is 4.61. The van der Waals surface area contributed by atoms with Crippen LogP contribution in [0.1, 0.15) is 26.3 Å². The van der Waals surface area contributed by atoms with Crippen LogP contribution < -0.4 is 0 Å². The van der Waals surface area contributed by atoms with E-state index in [1.165, 1.54) is 13.2 Å². The van der Waals surface area contributed by atoms with Crippen molar-refractivity contribution in [1.82, 2.24) is 0 Å². The molecular weight excluding hydrogens is 268 g/mol. The third-order valence-corrected chi connectivity index (χ3v) is 2.91. The molecule has 106 valence electrons. The smallest absolute Gasteiger partial charge is 0.337 e. The largest absolute Gasteiger partial charge is 0.507 e. The number of rotatable bonds is 4. The average Bonchev–Trinajstić information content (AvgIpc) is 2.55. The minimum atomic E-state index is -0.501. The first-order valence-corrected chi connectivity index (χ1v) is 6.30. The highest BCUT2D eigenvalue weighted by Gasteiger charge is 2.09. The molecule has 2 rings (SSSR count). The fourth-order valence-corrected chi connectivity index (χ4v) is 1.82. The lowest BCUT2D eigenvalue weighted by Gasteiger charge is -2.03. The van der Waals surface area contributed by atoms with Gasteiger partial charge in [-0.25, -0.2) is 4.79 Å². The van der Waals surface area contributed by atoms with Crippen LogP contribution in [0.5, 0.6) is 0 Å². The van der Waals surface area contributed by atoms with Crippen molar-refractivity contribution in [3.8, 4) is 0 Å². The average molecular weight is 282 g/mol. The Kier molecular flexibility index (Phi) is 4.51. The highest BCUT2D eigenvalue weighted by atomic mass is 16.5. The number of allylic oxidation sites excluding steroid dienone is 1. The van der Waals surface area contributed by atoms with Gasteiger partial charge in [0.2, 0.25) is 0 Å². The summed E-state index contributed by atoms with van der Waals surface area (Å²) >= 11 is 0. The van der Waals surface area contributed by atoms with E-state index in [1.807, 2.05) is 0 Å². The van der Waals surface area contributed by atoms with Gasteiger partial charge in [0.25, 0.3) is 0 Å². The number of esters is 1. The first-order valence-electron chi connectivity index (χ1n) is 6.30. The maximum absolute atomic E-state index is 12.0. The zero-order valence-corrected chi connectivity index (χ0v) is 11.4. The van der Waals surface area contributed by atoms with Crippen molar-refractivity contribution >= 4 is 17.5 Å². The van der Waals surface area contributed by atoms with Gasteiger partial charge in [-0.3, -0.25) is 4.79 Å². The predicted molar refractivity (Wildman–Crippen MR) is 79.2 cm³/mol. The van der Waals surface area contributed by atoms with E-state index in [1.54, 1.807) is 48.5 Å². The lowest BCUT2D eigenvalue weighted by Crippen LogP contribution is -2.02. The van der Waals surface area contributed by atoms with Crippen molar-refractivity contribution in [2.24, 2.45) is 0 Å². The predicted octanol–water partition coefficient (Wildman–Crippen LogP) is 3.26. The molecule has 2 aromatic carbocycles. The molecule has 21 heavy (non-hydrogen) atoms. The van der Waals surface area contributed by atoms with Gasteiger partial charge in [0.05, 0.1) is 12.7 Å². The van der Waals surface area contributed by atoms with Crippen LogP contribution in [0.4, 0.5) is 0 Å². The van der Waals surface area contributed by atoms with E-state index >= 15 is 0 Å². The van der Waals surface area contributed by atoms with E-state index in [0.29, 0.717) is 16.7 Å². The van der Waals surface area contributed by atoms with Crippen molar-refractivity contribution in [2.75, 3.05) is 7.11 Å². The molecule has 0 unspecified atom stereocenters. The van der Waals surface area contributed by atoms with E-state index in [0.717, 1.165) is 6.08 Å². The summed E-state index contributed by atoms with van der Waals surface area (Å²) in [5, 5.41) is 10.0. The Bertz CT molecular complexity index is 687. The zero-order chi connectivity index (χ0) is 15.2. The summed E-state index contributed by atoms with van der Waals surface area (Å²) in [5.41, 5.74) is 1.16.